The lowest BCUT2D eigenvalue weighted by Gasteiger charge is -2.18. The molecule has 1 aromatic heterocycles. The van der Waals surface area contributed by atoms with E-state index >= 15 is 0 Å². The minimum absolute atomic E-state index is 0.0378. The second-order valence-corrected chi connectivity index (χ2v) is 5.53. The average Bonchev–Trinajstić information content (AvgIpc) is 2.95. The number of hydrogen-bond acceptors (Lipinski definition) is 2. The smallest absolute Gasteiger partial charge is 0.231 e. The molecular formula is C13H17FN2O. The van der Waals surface area contributed by atoms with Crippen molar-refractivity contribution < 1.29 is 9.18 Å². The summed E-state index contributed by atoms with van der Waals surface area (Å²) in [7, 11) is 0. The average molecular weight is 236 g/mol. The van der Waals surface area contributed by atoms with Gasteiger partial charge in [0.15, 0.2) is 0 Å². The fourth-order valence-corrected chi connectivity index (χ4v) is 1.57. The van der Waals surface area contributed by atoms with Gasteiger partial charge in [0.1, 0.15) is 12.0 Å². The molecule has 1 saturated carbocycles. The van der Waals surface area contributed by atoms with E-state index < -0.39 is 12.1 Å². The third-order valence-electron chi connectivity index (χ3n) is 2.93. The van der Waals surface area contributed by atoms with E-state index in [9.17, 15) is 9.18 Å². The van der Waals surface area contributed by atoms with E-state index in [1.54, 1.807) is 12.3 Å². The predicted octanol–water partition coefficient (Wildman–Crippen LogP) is 2.68. The Hall–Kier alpha value is -1.45. The molecule has 2 atom stereocenters. The summed E-state index contributed by atoms with van der Waals surface area (Å²) in [6.07, 6.45) is 1.12. The molecule has 92 valence electrons. The number of nitrogens with one attached hydrogen (secondary N) is 1. The van der Waals surface area contributed by atoms with Crippen LogP contribution in [0.3, 0.4) is 0 Å². The summed E-state index contributed by atoms with van der Waals surface area (Å²) in [6.45, 7) is 6.29. The number of carbonyl (C=O) groups excluding carboxylic acids is 1. The molecule has 4 heteroatoms. The maximum absolute atomic E-state index is 12.7. The fourth-order valence-electron chi connectivity index (χ4n) is 1.57. The molecule has 1 aliphatic rings. The van der Waals surface area contributed by atoms with Crippen LogP contribution in [0, 0.1) is 5.92 Å². The molecule has 17 heavy (non-hydrogen) atoms. The minimum Gasteiger partial charge on any atom is -0.310 e. The van der Waals surface area contributed by atoms with Gasteiger partial charge in [-0.05, 0) is 23.5 Å². The first-order valence-electron chi connectivity index (χ1n) is 5.79. The van der Waals surface area contributed by atoms with Crippen LogP contribution in [0.2, 0.25) is 0 Å². The molecule has 3 nitrogen and oxygen atoms in total. The summed E-state index contributed by atoms with van der Waals surface area (Å²) in [5.41, 5.74) is 1.14. The van der Waals surface area contributed by atoms with Crippen LogP contribution in [0.15, 0.2) is 18.3 Å². The van der Waals surface area contributed by atoms with Gasteiger partial charge in [0.05, 0.1) is 5.92 Å². The molecule has 0 unspecified atom stereocenters. The summed E-state index contributed by atoms with van der Waals surface area (Å²) in [4.78, 5) is 15.6. The highest BCUT2D eigenvalue weighted by Gasteiger charge is 2.43. The highest BCUT2D eigenvalue weighted by Crippen LogP contribution is 2.34. The molecule has 1 aromatic rings. The first-order valence-corrected chi connectivity index (χ1v) is 5.79. The highest BCUT2D eigenvalue weighted by molar-refractivity contribution is 5.93. The van der Waals surface area contributed by atoms with Crippen molar-refractivity contribution >= 4 is 11.7 Å². The van der Waals surface area contributed by atoms with Gasteiger partial charge >= 0.3 is 0 Å². The predicted molar refractivity (Wildman–Crippen MR) is 64.6 cm³/mol. The number of hydrogen-bond donors (Lipinski definition) is 1. The van der Waals surface area contributed by atoms with E-state index in [1.165, 1.54) is 0 Å². The number of amides is 1. The second-order valence-electron chi connectivity index (χ2n) is 5.53. The molecule has 1 N–H and O–H groups in total. The monoisotopic (exact) mass is 236 g/mol. The first-order chi connectivity index (χ1) is 7.88. The molecule has 0 aliphatic heterocycles. The Kier molecular flexibility index (Phi) is 2.89. The fraction of sp³-hybridized carbons (Fsp3) is 0.538. The minimum atomic E-state index is -0.969. The van der Waals surface area contributed by atoms with Gasteiger partial charge in [-0.3, -0.25) is 4.79 Å². The van der Waals surface area contributed by atoms with Gasteiger partial charge in [-0.25, -0.2) is 9.37 Å². The third kappa shape index (κ3) is 2.81. The number of rotatable bonds is 2. The molecule has 0 bridgehead atoms. The van der Waals surface area contributed by atoms with Crippen LogP contribution < -0.4 is 5.32 Å². The third-order valence-corrected chi connectivity index (χ3v) is 2.93. The molecule has 0 saturated heterocycles. The summed E-state index contributed by atoms with van der Waals surface area (Å²) in [5, 5.41) is 2.62. The van der Waals surface area contributed by atoms with Crippen molar-refractivity contribution in [1.29, 1.82) is 0 Å². The Morgan fingerprint density at radius 1 is 1.47 bits per heavy atom. The van der Waals surface area contributed by atoms with E-state index in [0.29, 0.717) is 12.2 Å². The largest absolute Gasteiger partial charge is 0.310 e. The molecule has 0 aromatic carbocycles. The number of nitrogens with zero attached hydrogens (tertiary/aromatic N) is 1. The lowest BCUT2D eigenvalue weighted by atomic mass is 9.88. The van der Waals surface area contributed by atoms with Gasteiger partial charge in [0.25, 0.3) is 0 Å². The molecule has 1 fully saturated rings. The van der Waals surface area contributed by atoms with Crippen LogP contribution in [0.5, 0.6) is 0 Å². The van der Waals surface area contributed by atoms with Crippen molar-refractivity contribution in [3.63, 3.8) is 0 Å². The zero-order chi connectivity index (χ0) is 12.6. The number of aromatic nitrogens is 1. The Bertz CT molecular complexity index is 422. The van der Waals surface area contributed by atoms with Crippen molar-refractivity contribution in [3.05, 3.63) is 23.9 Å². The van der Waals surface area contributed by atoms with Crippen molar-refractivity contribution in [1.82, 2.24) is 4.98 Å². The Balaban J connectivity index is 2.01. The molecule has 0 radical (unpaired) electrons. The van der Waals surface area contributed by atoms with Crippen molar-refractivity contribution in [2.24, 2.45) is 5.92 Å². The van der Waals surface area contributed by atoms with Crippen LogP contribution in [-0.2, 0) is 10.2 Å². The first kappa shape index (κ1) is 12.0. The Morgan fingerprint density at radius 3 is 2.53 bits per heavy atom. The van der Waals surface area contributed by atoms with Gasteiger partial charge in [-0.15, -0.1) is 0 Å². The summed E-state index contributed by atoms with van der Waals surface area (Å²) in [5.74, 6) is -0.255. The second kappa shape index (κ2) is 4.09. The number of halogens is 1. The van der Waals surface area contributed by atoms with Crippen LogP contribution in [-0.4, -0.2) is 17.1 Å². The highest BCUT2D eigenvalue weighted by atomic mass is 19.1. The lowest BCUT2D eigenvalue weighted by Crippen LogP contribution is -2.17. The zero-order valence-corrected chi connectivity index (χ0v) is 10.3. The van der Waals surface area contributed by atoms with E-state index in [4.69, 9.17) is 0 Å². The molecule has 2 rings (SSSR count). The van der Waals surface area contributed by atoms with Gasteiger partial charge in [-0.1, -0.05) is 26.8 Å². The normalized spacial score (nSPS) is 23.3. The van der Waals surface area contributed by atoms with Crippen LogP contribution in [0.1, 0.15) is 32.8 Å². The molecular weight excluding hydrogens is 219 g/mol. The summed E-state index contributed by atoms with van der Waals surface area (Å²) in [6, 6.07) is 3.69. The van der Waals surface area contributed by atoms with E-state index in [-0.39, 0.29) is 11.3 Å². The molecule has 1 aliphatic carbocycles. The van der Waals surface area contributed by atoms with Gasteiger partial charge in [-0.2, -0.15) is 0 Å². The molecule has 1 heterocycles. The van der Waals surface area contributed by atoms with E-state index in [2.05, 4.69) is 31.1 Å². The number of carbonyl (C=O) groups is 1. The summed E-state index contributed by atoms with van der Waals surface area (Å²) >= 11 is 0. The molecule has 0 spiro atoms. The van der Waals surface area contributed by atoms with Crippen molar-refractivity contribution in [2.75, 3.05) is 5.32 Å². The van der Waals surface area contributed by atoms with Gasteiger partial charge < -0.3 is 5.32 Å². The number of alkyl halides is 1. The van der Waals surface area contributed by atoms with Crippen LogP contribution >= 0.6 is 0 Å². The van der Waals surface area contributed by atoms with E-state index in [1.807, 2.05) is 6.07 Å². The van der Waals surface area contributed by atoms with Gasteiger partial charge in [0.2, 0.25) is 5.91 Å². The van der Waals surface area contributed by atoms with Gasteiger partial charge in [0, 0.05) is 6.20 Å². The maximum atomic E-state index is 12.7. The van der Waals surface area contributed by atoms with Crippen molar-refractivity contribution in [2.45, 2.75) is 38.8 Å². The van der Waals surface area contributed by atoms with Crippen LogP contribution in [0.25, 0.3) is 0 Å². The molecule has 1 amide bonds. The summed E-state index contributed by atoms with van der Waals surface area (Å²) < 4.78 is 12.7. The quantitative estimate of drug-likeness (QED) is 0.857. The Morgan fingerprint density at radius 2 is 2.12 bits per heavy atom. The lowest BCUT2D eigenvalue weighted by molar-refractivity contribution is -0.117. The maximum Gasteiger partial charge on any atom is 0.231 e. The number of pyridine rings is 1. The standard InChI is InChI=1S/C13H17FN2O/c1-13(2,3)8-4-5-11(15-7-8)16-12(17)9-6-10(9)14/h4-5,7,9-10H,6H2,1-3H3,(H,15,16,17)/t9-,10-/m1/s1. The number of anilines is 1. The van der Waals surface area contributed by atoms with E-state index in [0.717, 1.165) is 5.56 Å². The van der Waals surface area contributed by atoms with Crippen LogP contribution in [0.4, 0.5) is 10.2 Å². The SMILES string of the molecule is CC(C)(C)c1ccc(NC(=O)[C@@H]2C[C@H]2F)nc1. The zero-order valence-electron chi connectivity index (χ0n) is 10.3. The van der Waals surface area contributed by atoms with Crippen molar-refractivity contribution in [3.8, 4) is 0 Å². The topological polar surface area (TPSA) is 42.0 Å². The Labute approximate surface area is 100 Å².